The minimum atomic E-state index is -4.57. The Kier molecular flexibility index (Phi) is 3.52. The summed E-state index contributed by atoms with van der Waals surface area (Å²) in [7, 11) is 1.36. The van der Waals surface area contributed by atoms with Crippen molar-refractivity contribution < 1.29 is 22.3 Å². The highest BCUT2D eigenvalue weighted by Gasteiger charge is 2.31. The van der Waals surface area contributed by atoms with E-state index in [2.05, 4.69) is 4.98 Å². The van der Waals surface area contributed by atoms with Crippen LogP contribution in [0.1, 0.15) is 5.56 Å². The highest BCUT2D eigenvalue weighted by Crippen LogP contribution is 2.33. The Labute approximate surface area is 112 Å². The summed E-state index contributed by atoms with van der Waals surface area (Å²) in [5, 5.41) is 0. The van der Waals surface area contributed by atoms with E-state index in [1.165, 1.54) is 19.2 Å². The van der Waals surface area contributed by atoms with Crippen molar-refractivity contribution in [3.63, 3.8) is 0 Å². The Morgan fingerprint density at radius 2 is 1.85 bits per heavy atom. The van der Waals surface area contributed by atoms with Gasteiger partial charge in [0.05, 0.1) is 18.4 Å². The fraction of sp³-hybridized carbons (Fsp3) is 0.154. The van der Waals surface area contributed by atoms with E-state index in [9.17, 15) is 17.6 Å². The summed E-state index contributed by atoms with van der Waals surface area (Å²) in [5.74, 6) is -0.813. The molecule has 0 spiro atoms. The number of nitrogens with two attached hydrogens (primary N) is 1. The molecule has 0 radical (unpaired) electrons. The van der Waals surface area contributed by atoms with Crippen molar-refractivity contribution in [1.29, 1.82) is 0 Å². The van der Waals surface area contributed by atoms with Gasteiger partial charge in [0.25, 0.3) is 0 Å². The van der Waals surface area contributed by atoms with Gasteiger partial charge in [-0.25, -0.2) is 9.37 Å². The summed E-state index contributed by atoms with van der Waals surface area (Å²) >= 11 is 0. The molecule has 0 atom stereocenters. The van der Waals surface area contributed by atoms with Crippen LogP contribution in [-0.2, 0) is 6.18 Å². The highest BCUT2D eigenvalue weighted by atomic mass is 19.4. The number of rotatable bonds is 2. The van der Waals surface area contributed by atoms with Crippen molar-refractivity contribution in [2.45, 2.75) is 6.18 Å². The second kappa shape index (κ2) is 4.99. The average molecular weight is 286 g/mol. The molecule has 106 valence electrons. The van der Waals surface area contributed by atoms with Crippen LogP contribution in [0.5, 0.6) is 5.75 Å². The molecule has 3 nitrogen and oxygen atoms in total. The number of benzene rings is 1. The third kappa shape index (κ3) is 2.81. The molecule has 0 aliphatic carbocycles. The van der Waals surface area contributed by atoms with Crippen molar-refractivity contribution in [2.75, 3.05) is 12.8 Å². The number of hydrogen-bond acceptors (Lipinski definition) is 3. The summed E-state index contributed by atoms with van der Waals surface area (Å²) in [6.07, 6.45) is -4.57. The van der Waals surface area contributed by atoms with Crippen molar-refractivity contribution >= 4 is 5.82 Å². The lowest BCUT2D eigenvalue weighted by Gasteiger charge is -2.11. The zero-order chi connectivity index (χ0) is 14.9. The van der Waals surface area contributed by atoms with Gasteiger partial charge >= 0.3 is 6.18 Å². The third-order valence-corrected chi connectivity index (χ3v) is 2.62. The van der Waals surface area contributed by atoms with Crippen molar-refractivity contribution in [1.82, 2.24) is 4.98 Å². The van der Waals surface area contributed by atoms with Gasteiger partial charge in [0.1, 0.15) is 17.4 Å². The molecule has 1 aromatic carbocycles. The van der Waals surface area contributed by atoms with Crippen LogP contribution in [0, 0.1) is 5.82 Å². The first kappa shape index (κ1) is 14.1. The second-order valence-electron chi connectivity index (χ2n) is 4.01. The van der Waals surface area contributed by atoms with Gasteiger partial charge in [-0.05, 0) is 24.3 Å². The second-order valence-corrected chi connectivity index (χ2v) is 4.01. The molecule has 1 aromatic heterocycles. The molecule has 7 heteroatoms. The van der Waals surface area contributed by atoms with Crippen LogP contribution in [0.3, 0.4) is 0 Å². The Balaban J connectivity index is 2.55. The van der Waals surface area contributed by atoms with Gasteiger partial charge in [-0.15, -0.1) is 0 Å². The molecular formula is C13H10F4N2O. The topological polar surface area (TPSA) is 48.1 Å². The minimum absolute atomic E-state index is 0.0800. The quantitative estimate of drug-likeness (QED) is 0.860. The molecule has 0 bridgehead atoms. The first-order valence-corrected chi connectivity index (χ1v) is 5.50. The predicted octanol–water partition coefficient (Wildman–Crippen LogP) is 3.50. The maximum atomic E-state index is 13.8. The Hall–Kier alpha value is -2.31. The zero-order valence-electron chi connectivity index (χ0n) is 10.3. The van der Waals surface area contributed by atoms with Gasteiger partial charge in [0.2, 0.25) is 0 Å². The summed E-state index contributed by atoms with van der Waals surface area (Å²) in [6, 6.07) is 5.23. The van der Waals surface area contributed by atoms with Gasteiger partial charge in [-0.3, -0.25) is 0 Å². The largest absolute Gasteiger partial charge is 0.497 e. The van der Waals surface area contributed by atoms with E-state index in [1.807, 2.05) is 0 Å². The third-order valence-electron chi connectivity index (χ3n) is 2.62. The van der Waals surface area contributed by atoms with Crippen LogP contribution < -0.4 is 10.5 Å². The molecule has 1 heterocycles. The van der Waals surface area contributed by atoms with Crippen LogP contribution >= 0.6 is 0 Å². The normalized spacial score (nSPS) is 11.4. The smallest absolute Gasteiger partial charge is 0.416 e. The molecule has 0 amide bonds. The monoisotopic (exact) mass is 286 g/mol. The number of pyridine rings is 1. The molecule has 0 aliphatic heterocycles. The lowest BCUT2D eigenvalue weighted by Crippen LogP contribution is -2.07. The number of alkyl halides is 3. The molecule has 2 rings (SSSR count). The number of halogens is 4. The lowest BCUT2D eigenvalue weighted by atomic mass is 10.1. The number of nitrogens with zero attached hydrogens (tertiary/aromatic N) is 1. The van der Waals surface area contributed by atoms with Gasteiger partial charge in [0.15, 0.2) is 0 Å². The minimum Gasteiger partial charge on any atom is -0.497 e. The SMILES string of the molecule is COc1ccc(-c2cc(C(F)(F)F)cc(N)n2)c(F)c1. The van der Waals surface area contributed by atoms with Crippen molar-refractivity contribution in [3.8, 4) is 17.0 Å². The lowest BCUT2D eigenvalue weighted by molar-refractivity contribution is -0.137. The Morgan fingerprint density at radius 3 is 2.40 bits per heavy atom. The van der Waals surface area contributed by atoms with Gasteiger partial charge in [0, 0.05) is 11.6 Å². The number of anilines is 1. The molecule has 2 N–H and O–H groups in total. The Bertz CT molecular complexity index is 641. The first-order chi connectivity index (χ1) is 9.31. The molecule has 0 saturated heterocycles. The number of aromatic nitrogens is 1. The summed E-state index contributed by atoms with van der Waals surface area (Å²) in [5.41, 5.74) is 4.10. The van der Waals surface area contributed by atoms with Crippen LogP contribution in [0.15, 0.2) is 30.3 Å². The molecule has 0 unspecified atom stereocenters. The van der Waals surface area contributed by atoms with Gasteiger partial charge < -0.3 is 10.5 Å². The molecule has 0 aliphatic rings. The van der Waals surface area contributed by atoms with E-state index in [1.54, 1.807) is 0 Å². The number of ether oxygens (including phenoxy) is 1. The van der Waals surface area contributed by atoms with E-state index in [0.717, 1.165) is 12.1 Å². The number of methoxy groups -OCH3 is 1. The van der Waals surface area contributed by atoms with Crippen molar-refractivity contribution in [2.24, 2.45) is 0 Å². The summed E-state index contributed by atoms with van der Waals surface area (Å²) in [4.78, 5) is 3.73. The first-order valence-electron chi connectivity index (χ1n) is 5.50. The zero-order valence-corrected chi connectivity index (χ0v) is 10.3. The molecule has 0 fully saturated rings. The fourth-order valence-electron chi connectivity index (χ4n) is 1.68. The standard InChI is InChI=1S/C13H10F4N2O/c1-20-8-2-3-9(10(14)6-8)11-4-7(13(15,16)17)5-12(18)19-11/h2-6H,1H3,(H2,18,19). The van der Waals surface area contributed by atoms with Crippen LogP contribution in [0.2, 0.25) is 0 Å². The van der Waals surface area contributed by atoms with Gasteiger partial charge in [-0.2, -0.15) is 13.2 Å². The van der Waals surface area contributed by atoms with E-state index < -0.39 is 17.6 Å². The predicted molar refractivity (Wildman–Crippen MR) is 65.6 cm³/mol. The molecule has 2 aromatic rings. The molecular weight excluding hydrogens is 276 g/mol. The number of nitrogen functional groups attached to an aromatic ring is 1. The van der Waals surface area contributed by atoms with Gasteiger partial charge in [-0.1, -0.05) is 0 Å². The summed E-state index contributed by atoms with van der Waals surface area (Å²) in [6.45, 7) is 0. The maximum Gasteiger partial charge on any atom is 0.416 e. The van der Waals surface area contributed by atoms with Crippen LogP contribution in [0.25, 0.3) is 11.3 Å². The number of hydrogen-bond donors (Lipinski definition) is 1. The van der Waals surface area contributed by atoms with E-state index >= 15 is 0 Å². The maximum absolute atomic E-state index is 13.8. The van der Waals surface area contributed by atoms with E-state index in [-0.39, 0.29) is 22.8 Å². The van der Waals surface area contributed by atoms with E-state index in [4.69, 9.17) is 10.5 Å². The van der Waals surface area contributed by atoms with E-state index in [0.29, 0.717) is 6.07 Å². The van der Waals surface area contributed by atoms with Crippen molar-refractivity contribution in [3.05, 3.63) is 41.7 Å². The van der Waals surface area contributed by atoms with Crippen LogP contribution in [-0.4, -0.2) is 12.1 Å². The fourth-order valence-corrected chi connectivity index (χ4v) is 1.68. The van der Waals surface area contributed by atoms with Crippen LogP contribution in [0.4, 0.5) is 23.4 Å². The summed E-state index contributed by atoms with van der Waals surface area (Å²) < 4.78 is 56.7. The highest BCUT2D eigenvalue weighted by molar-refractivity contribution is 5.64. The Morgan fingerprint density at radius 1 is 1.15 bits per heavy atom. The molecule has 20 heavy (non-hydrogen) atoms. The molecule has 0 saturated carbocycles. The average Bonchev–Trinajstić information content (AvgIpc) is 2.36.